The molecule has 0 aromatic carbocycles. The van der Waals surface area contributed by atoms with E-state index in [-0.39, 0.29) is 0 Å². The van der Waals surface area contributed by atoms with Gasteiger partial charge in [-0.3, -0.25) is 0 Å². The molecule has 0 amide bonds. The highest BCUT2D eigenvalue weighted by Crippen LogP contribution is 2.33. The van der Waals surface area contributed by atoms with E-state index in [4.69, 9.17) is 5.73 Å². The first-order valence-corrected chi connectivity index (χ1v) is 6.45. The van der Waals surface area contributed by atoms with Crippen LogP contribution in [-0.2, 0) is 19.3 Å². The second-order valence-electron chi connectivity index (χ2n) is 3.70. The number of thiophene rings is 1. The number of rotatable bonds is 5. The Morgan fingerprint density at radius 3 is 2.14 bits per heavy atom. The molecule has 1 aromatic rings. The van der Waals surface area contributed by atoms with Crippen LogP contribution in [0.3, 0.4) is 0 Å². The van der Waals surface area contributed by atoms with Crippen molar-refractivity contribution in [3.63, 3.8) is 0 Å². The summed E-state index contributed by atoms with van der Waals surface area (Å²) in [6.45, 7) is 6.67. The van der Waals surface area contributed by atoms with Gasteiger partial charge in [-0.05, 0) is 30.4 Å². The number of aryl methyl sites for hydroxylation is 1. The molecule has 1 nitrogen and oxygen atoms in total. The molecule has 0 unspecified atom stereocenters. The van der Waals surface area contributed by atoms with Crippen molar-refractivity contribution in [2.75, 3.05) is 5.73 Å². The summed E-state index contributed by atoms with van der Waals surface area (Å²) in [5, 5.41) is 1.06. The lowest BCUT2D eigenvalue weighted by Gasteiger charge is -2.03. The topological polar surface area (TPSA) is 26.0 Å². The molecule has 0 bridgehead atoms. The fraction of sp³-hybridized carbons (Fsp3) is 0.667. The van der Waals surface area contributed by atoms with Gasteiger partial charge in [-0.2, -0.15) is 0 Å². The van der Waals surface area contributed by atoms with E-state index in [2.05, 4.69) is 20.8 Å². The average Bonchev–Trinajstić information content (AvgIpc) is 2.44. The van der Waals surface area contributed by atoms with Gasteiger partial charge in [0.1, 0.15) is 0 Å². The van der Waals surface area contributed by atoms with Crippen molar-refractivity contribution in [3.05, 3.63) is 16.0 Å². The van der Waals surface area contributed by atoms with Crippen molar-refractivity contribution in [1.29, 1.82) is 0 Å². The molecule has 2 heteroatoms. The van der Waals surface area contributed by atoms with Gasteiger partial charge in [0, 0.05) is 4.88 Å². The molecule has 0 radical (unpaired) electrons. The predicted molar refractivity (Wildman–Crippen MR) is 66.1 cm³/mol. The third kappa shape index (κ3) is 2.30. The Balaban J connectivity index is 3.02. The molecule has 0 fully saturated rings. The lowest BCUT2D eigenvalue weighted by molar-refractivity contribution is 0.865. The van der Waals surface area contributed by atoms with Gasteiger partial charge in [-0.15, -0.1) is 11.3 Å². The van der Waals surface area contributed by atoms with Gasteiger partial charge in [0.2, 0.25) is 0 Å². The highest BCUT2D eigenvalue weighted by molar-refractivity contribution is 7.16. The monoisotopic (exact) mass is 211 g/mol. The van der Waals surface area contributed by atoms with E-state index in [1.54, 1.807) is 5.56 Å². The van der Waals surface area contributed by atoms with Crippen LogP contribution in [0.5, 0.6) is 0 Å². The summed E-state index contributed by atoms with van der Waals surface area (Å²) in [4.78, 5) is 1.53. The Hall–Kier alpha value is -0.500. The zero-order valence-electron chi connectivity index (χ0n) is 9.52. The maximum Gasteiger partial charge on any atom is 0.0894 e. The summed E-state index contributed by atoms with van der Waals surface area (Å²) in [7, 11) is 0. The first-order chi connectivity index (χ1) is 6.74. The van der Waals surface area contributed by atoms with Gasteiger partial charge >= 0.3 is 0 Å². The number of hydrogen-bond acceptors (Lipinski definition) is 2. The van der Waals surface area contributed by atoms with Crippen LogP contribution in [0.1, 0.15) is 49.6 Å². The second-order valence-corrected chi connectivity index (χ2v) is 4.84. The van der Waals surface area contributed by atoms with Gasteiger partial charge in [0.05, 0.1) is 5.00 Å². The minimum atomic E-state index is 1.06. The van der Waals surface area contributed by atoms with Crippen LogP contribution >= 0.6 is 11.3 Å². The number of anilines is 1. The molecular weight excluding hydrogens is 190 g/mol. The largest absolute Gasteiger partial charge is 0.390 e. The summed E-state index contributed by atoms with van der Waals surface area (Å²) < 4.78 is 0. The van der Waals surface area contributed by atoms with Crippen LogP contribution in [-0.4, -0.2) is 0 Å². The van der Waals surface area contributed by atoms with Crippen LogP contribution in [0.4, 0.5) is 5.00 Å². The first-order valence-electron chi connectivity index (χ1n) is 5.63. The van der Waals surface area contributed by atoms with E-state index in [1.165, 1.54) is 36.1 Å². The molecular formula is C12H21NS. The van der Waals surface area contributed by atoms with Crippen LogP contribution in [0.15, 0.2) is 0 Å². The van der Waals surface area contributed by atoms with Crippen LogP contribution < -0.4 is 5.73 Å². The fourth-order valence-electron chi connectivity index (χ4n) is 1.93. The van der Waals surface area contributed by atoms with Crippen molar-refractivity contribution in [2.24, 2.45) is 0 Å². The van der Waals surface area contributed by atoms with Crippen LogP contribution in [0.2, 0.25) is 0 Å². The molecule has 1 aromatic heterocycles. The Morgan fingerprint density at radius 2 is 1.64 bits per heavy atom. The van der Waals surface area contributed by atoms with Gasteiger partial charge < -0.3 is 5.73 Å². The van der Waals surface area contributed by atoms with E-state index in [0.717, 1.165) is 11.4 Å². The van der Waals surface area contributed by atoms with E-state index < -0.39 is 0 Å². The minimum absolute atomic E-state index is 1.06. The standard InChI is InChI=1S/C12H21NS/c1-4-7-10-9(6-3)12(13)14-11(10)8-5-2/h4-8,13H2,1-3H3. The second kappa shape index (κ2) is 5.40. The lowest BCUT2D eigenvalue weighted by Crippen LogP contribution is -1.94. The predicted octanol–water partition coefficient (Wildman–Crippen LogP) is 3.80. The number of nitrogen functional groups attached to an aromatic ring is 1. The molecule has 0 saturated heterocycles. The molecule has 0 aliphatic rings. The lowest BCUT2D eigenvalue weighted by atomic mass is 10.0. The molecule has 0 aliphatic carbocycles. The fourth-order valence-corrected chi connectivity index (χ4v) is 3.24. The molecule has 0 spiro atoms. The maximum atomic E-state index is 6.03. The Bertz CT molecular complexity index is 289. The third-order valence-electron chi connectivity index (χ3n) is 2.56. The van der Waals surface area contributed by atoms with E-state index in [9.17, 15) is 0 Å². The van der Waals surface area contributed by atoms with Gasteiger partial charge in [-0.25, -0.2) is 0 Å². The summed E-state index contributed by atoms with van der Waals surface area (Å²) in [5.74, 6) is 0. The van der Waals surface area contributed by atoms with Crippen molar-refractivity contribution in [1.82, 2.24) is 0 Å². The quantitative estimate of drug-likeness (QED) is 0.787. The minimum Gasteiger partial charge on any atom is -0.390 e. The Labute approximate surface area is 91.3 Å². The van der Waals surface area contributed by atoms with Gasteiger partial charge in [0.25, 0.3) is 0 Å². The first kappa shape index (κ1) is 11.6. The van der Waals surface area contributed by atoms with Crippen molar-refractivity contribution in [2.45, 2.75) is 52.9 Å². The summed E-state index contributed by atoms with van der Waals surface area (Å²) in [6, 6.07) is 0. The molecule has 80 valence electrons. The molecule has 0 aliphatic heterocycles. The SMILES string of the molecule is CCCc1sc(N)c(CC)c1CCC. The molecule has 0 saturated carbocycles. The van der Waals surface area contributed by atoms with Crippen molar-refractivity contribution in [3.8, 4) is 0 Å². The molecule has 1 heterocycles. The Morgan fingerprint density at radius 1 is 1.00 bits per heavy atom. The van der Waals surface area contributed by atoms with E-state index in [1.807, 2.05) is 11.3 Å². The number of hydrogen-bond donors (Lipinski definition) is 1. The molecule has 0 atom stereocenters. The van der Waals surface area contributed by atoms with E-state index >= 15 is 0 Å². The third-order valence-corrected chi connectivity index (χ3v) is 3.73. The van der Waals surface area contributed by atoms with Crippen LogP contribution in [0, 0.1) is 0 Å². The number of nitrogens with two attached hydrogens (primary N) is 1. The van der Waals surface area contributed by atoms with Crippen molar-refractivity contribution < 1.29 is 0 Å². The summed E-state index contributed by atoms with van der Waals surface area (Å²) in [5.41, 5.74) is 9.00. The summed E-state index contributed by atoms with van der Waals surface area (Å²) in [6.07, 6.45) is 5.93. The van der Waals surface area contributed by atoms with Gasteiger partial charge in [-0.1, -0.05) is 33.6 Å². The maximum absolute atomic E-state index is 6.03. The average molecular weight is 211 g/mol. The normalized spacial score (nSPS) is 10.8. The smallest absolute Gasteiger partial charge is 0.0894 e. The zero-order valence-corrected chi connectivity index (χ0v) is 10.3. The zero-order chi connectivity index (χ0) is 10.6. The summed E-state index contributed by atoms with van der Waals surface area (Å²) >= 11 is 1.81. The molecule has 1 rings (SSSR count). The van der Waals surface area contributed by atoms with E-state index in [0.29, 0.717) is 0 Å². The Kier molecular flexibility index (Phi) is 4.46. The molecule has 2 N–H and O–H groups in total. The highest BCUT2D eigenvalue weighted by Gasteiger charge is 2.13. The van der Waals surface area contributed by atoms with Gasteiger partial charge in [0.15, 0.2) is 0 Å². The van der Waals surface area contributed by atoms with Crippen molar-refractivity contribution >= 4 is 16.3 Å². The van der Waals surface area contributed by atoms with Crippen LogP contribution in [0.25, 0.3) is 0 Å². The molecule has 14 heavy (non-hydrogen) atoms. The highest BCUT2D eigenvalue weighted by atomic mass is 32.1.